The lowest BCUT2D eigenvalue weighted by Crippen LogP contribution is -2.38. The number of sulfonamides is 1. The smallest absolute Gasteiger partial charge is 0.244 e. The number of hydrogen-bond donors (Lipinski definition) is 2. The maximum absolute atomic E-state index is 13.2. The summed E-state index contributed by atoms with van der Waals surface area (Å²) >= 11 is 0. The van der Waals surface area contributed by atoms with E-state index in [1.807, 2.05) is 6.92 Å². The highest BCUT2D eigenvalue weighted by Gasteiger charge is 2.51. The molecule has 0 saturated carbocycles. The van der Waals surface area contributed by atoms with Crippen molar-refractivity contribution in [2.45, 2.75) is 43.0 Å². The largest absolute Gasteiger partial charge is 0.497 e. The molecule has 0 aromatic heterocycles. The molecule has 140 valence electrons. The monoisotopic (exact) mass is 377 g/mol. The fourth-order valence-electron chi connectivity index (χ4n) is 3.37. The molecule has 0 radical (unpaired) electrons. The van der Waals surface area contributed by atoms with E-state index in [1.165, 1.54) is 4.31 Å². The van der Waals surface area contributed by atoms with Gasteiger partial charge in [0.1, 0.15) is 11.9 Å². The van der Waals surface area contributed by atoms with E-state index >= 15 is 0 Å². The molecule has 1 aliphatic heterocycles. The lowest BCUT2D eigenvalue weighted by Gasteiger charge is -2.28. The molecule has 0 spiro atoms. The first-order valence-corrected chi connectivity index (χ1v) is 9.81. The second-order valence-electron chi connectivity index (χ2n) is 6.59. The van der Waals surface area contributed by atoms with Crippen molar-refractivity contribution < 1.29 is 23.4 Å². The van der Waals surface area contributed by atoms with Crippen molar-refractivity contribution in [1.29, 1.82) is 0 Å². The third-order valence-corrected chi connectivity index (χ3v) is 6.88. The van der Waals surface area contributed by atoms with Gasteiger partial charge in [-0.2, -0.15) is 4.31 Å². The standard InChI is InChI=1S/C19H23NO5S/c1-12-4-10-16(11-5-12)26(23,24)20-13(2)18(21)19(22)17(20)14-6-8-15(25-3)9-7-14/h4-11,13,17-19,21-22H,1-3H3/t13-,17-,18-,19-/m0/s1. The van der Waals surface area contributed by atoms with Gasteiger partial charge in [0.15, 0.2) is 0 Å². The van der Waals surface area contributed by atoms with Gasteiger partial charge in [-0.25, -0.2) is 8.42 Å². The fraction of sp³-hybridized carbons (Fsp3) is 0.368. The molecule has 1 aliphatic rings. The van der Waals surface area contributed by atoms with Crippen LogP contribution in [0.1, 0.15) is 24.1 Å². The van der Waals surface area contributed by atoms with Gasteiger partial charge in [-0.3, -0.25) is 0 Å². The summed E-state index contributed by atoms with van der Waals surface area (Å²) in [5.41, 5.74) is 1.54. The van der Waals surface area contributed by atoms with Crippen molar-refractivity contribution in [3.8, 4) is 5.75 Å². The minimum Gasteiger partial charge on any atom is -0.497 e. The van der Waals surface area contributed by atoms with E-state index in [9.17, 15) is 18.6 Å². The molecule has 7 heteroatoms. The lowest BCUT2D eigenvalue weighted by molar-refractivity contribution is 0.0300. The zero-order valence-electron chi connectivity index (χ0n) is 14.9. The Morgan fingerprint density at radius 3 is 2.08 bits per heavy atom. The van der Waals surface area contributed by atoms with Gasteiger partial charge >= 0.3 is 0 Å². The summed E-state index contributed by atoms with van der Waals surface area (Å²) in [6, 6.07) is 11.7. The first kappa shape index (κ1) is 18.8. The molecule has 4 atom stereocenters. The Bertz CT molecular complexity index is 864. The molecule has 2 N–H and O–H groups in total. The van der Waals surface area contributed by atoms with Crippen LogP contribution in [0.2, 0.25) is 0 Å². The van der Waals surface area contributed by atoms with Crippen LogP contribution >= 0.6 is 0 Å². The van der Waals surface area contributed by atoms with Crippen LogP contribution in [0, 0.1) is 6.92 Å². The molecule has 2 aromatic rings. The van der Waals surface area contributed by atoms with Crippen LogP contribution in [0.15, 0.2) is 53.4 Å². The summed E-state index contributed by atoms with van der Waals surface area (Å²) in [6.45, 7) is 3.48. The van der Waals surface area contributed by atoms with Crippen molar-refractivity contribution in [2.24, 2.45) is 0 Å². The number of aryl methyl sites for hydroxylation is 1. The molecular weight excluding hydrogens is 354 g/mol. The highest BCUT2D eigenvalue weighted by molar-refractivity contribution is 7.89. The van der Waals surface area contributed by atoms with Crippen molar-refractivity contribution in [3.05, 3.63) is 59.7 Å². The van der Waals surface area contributed by atoms with E-state index in [0.29, 0.717) is 11.3 Å². The molecule has 0 bridgehead atoms. The number of rotatable bonds is 4. The van der Waals surface area contributed by atoms with Crippen LogP contribution in [0.4, 0.5) is 0 Å². The third kappa shape index (κ3) is 3.12. The van der Waals surface area contributed by atoms with Gasteiger partial charge in [-0.15, -0.1) is 0 Å². The quantitative estimate of drug-likeness (QED) is 0.849. The van der Waals surface area contributed by atoms with Crippen LogP contribution in [-0.2, 0) is 10.0 Å². The van der Waals surface area contributed by atoms with Gasteiger partial charge in [-0.1, -0.05) is 29.8 Å². The number of methoxy groups -OCH3 is 1. The predicted molar refractivity (Wildman–Crippen MR) is 97.4 cm³/mol. The van der Waals surface area contributed by atoms with Gasteiger partial charge < -0.3 is 14.9 Å². The molecule has 1 heterocycles. The highest BCUT2D eigenvalue weighted by atomic mass is 32.2. The summed E-state index contributed by atoms with van der Waals surface area (Å²) < 4.78 is 32.8. The van der Waals surface area contributed by atoms with Gasteiger partial charge in [0, 0.05) is 0 Å². The Morgan fingerprint density at radius 2 is 1.54 bits per heavy atom. The number of aliphatic hydroxyl groups excluding tert-OH is 2. The molecular formula is C19H23NO5S. The van der Waals surface area contributed by atoms with Crippen molar-refractivity contribution in [3.63, 3.8) is 0 Å². The van der Waals surface area contributed by atoms with E-state index in [-0.39, 0.29) is 4.90 Å². The maximum Gasteiger partial charge on any atom is 0.244 e. The normalized spacial score (nSPS) is 26.8. The van der Waals surface area contributed by atoms with E-state index in [2.05, 4.69) is 0 Å². The molecule has 2 aromatic carbocycles. The fourth-order valence-corrected chi connectivity index (χ4v) is 5.20. The summed E-state index contributed by atoms with van der Waals surface area (Å²) in [7, 11) is -2.36. The second-order valence-corrected chi connectivity index (χ2v) is 8.43. The van der Waals surface area contributed by atoms with Crippen LogP contribution in [0.3, 0.4) is 0 Å². The zero-order valence-corrected chi connectivity index (χ0v) is 15.7. The number of nitrogens with zero attached hydrogens (tertiary/aromatic N) is 1. The first-order chi connectivity index (χ1) is 12.3. The van der Waals surface area contributed by atoms with E-state index in [4.69, 9.17) is 4.74 Å². The van der Waals surface area contributed by atoms with Gasteiger partial charge in [-0.05, 0) is 43.7 Å². The van der Waals surface area contributed by atoms with Crippen LogP contribution < -0.4 is 4.74 Å². The van der Waals surface area contributed by atoms with Crippen LogP contribution in [0.25, 0.3) is 0 Å². The van der Waals surface area contributed by atoms with E-state index in [1.54, 1.807) is 62.6 Å². The van der Waals surface area contributed by atoms with Gasteiger partial charge in [0.2, 0.25) is 10.0 Å². The lowest BCUT2D eigenvalue weighted by atomic mass is 10.0. The minimum absolute atomic E-state index is 0.134. The van der Waals surface area contributed by atoms with Crippen molar-refractivity contribution in [2.75, 3.05) is 7.11 Å². The number of aliphatic hydroxyl groups is 2. The molecule has 1 fully saturated rings. The molecule has 26 heavy (non-hydrogen) atoms. The molecule has 1 saturated heterocycles. The van der Waals surface area contributed by atoms with Gasteiger partial charge in [0.25, 0.3) is 0 Å². The summed E-state index contributed by atoms with van der Waals surface area (Å²) in [5, 5.41) is 20.9. The molecule has 0 amide bonds. The van der Waals surface area contributed by atoms with Crippen LogP contribution in [-0.4, -0.2) is 48.3 Å². The Balaban J connectivity index is 2.07. The van der Waals surface area contributed by atoms with Gasteiger partial charge in [0.05, 0.1) is 30.2 Å². The Labute approximate surface area is 153 Å². The number of hydrogen-bond acceptors (Lipinski definition) is 5. The third-order valence-electron chi connectivity index (χ3n) is 4.90. The number of ether oxygens (including phenoxy) is 1. The molecule has 0 unspecified atom stereocenters. The number of benzene rings is 2. The first-order valence-electron chi connectivity index (χ1n) is 8.37. The predicted octanol–water partition coefficient (Wildman–Crippen LogP) is 1.86. The average molecular weight is 377 g/mol. The molecule has 6 nitrogen and oxygen atoms in total. The minimum atomic E-state index is -3.90. The SMILES string of the molecule is COc1ccc([C@H]2[C@H](O)[C@@H](O)[C@H](C)N2S(=O)(=O)c2ccc(C)cc2)cc1. The maximum atomic E-state index is 13.2. The van der Waals surface area contributed by atoms with E-state index < -0.39 is 34.3 Å². The Hall–Kier alpha value is -1.93. The summed E-state index contributed by atoms with van der Waals surface area (Å²) in [4.78, 5) is 0.134. The highest BCUT2D eigenvalue weighted by Crippen LogP contribution is 2.41. The topological polar surface area (TPSA) is 87.1 Å². The van der Waals surface area contributed by atoms with Crippen LogP contribution in [0.5, 0.6) is 5.75 Å². The molecule has 3 rings (SSSR count). The summed E-state index contributed by atoms with van der Waals surface area (Å²) in [5.74, 6) is 0.628. The Morgan fingerprint density at radius 1 is 0.962 bits per heavy atom. The summed E-state index contributed by atoms with van der Waals surface area (Å²) in [6.07, 6.45) is -2.40. The van der Waals surface area contributed by atoms with Crippen molar-refractivity contribution in [1.82, 2.24) is 4.31 Å². The van der Waals surface area contributed by atoms with E-state index in [0.717, 1.165) is 5.56 Å². The zero-order chi connectivity index (χ0) is 19.1. The molecule has 0 aliphatic carbocycles. The Kier molecular flexibility index (Phi) is 5.07. The second kappa shape index (κ2) is 7.00. The van der Waals surface area contributed by atoms with Crippen molar-refractivity contribution >= 4 is 10.0 Å². The average Bonchev–Trinajstić information content (AvgIpc) is 2.87.